The average Bonchev–Trinajstić information content (AvgIpc) is 2.68. The molecule has 0 amide bonds. The molecule has 0 spiro atoms. The molecule has 3 heteroatoms. The van der Waals surface area contributed by atoms with Crippen molar-refractivity contribution >= 4 is 17.1 Å². The summed E-state index contributed by atoms with van der Waals surface area (Å²) in [4.78, 5) is 14.8. The summed E-state index contributed by atoms with van der Waals surface area (Å²) in [6, 6.07) is 4.25. The van der Waals surface area contributed by atoms with E-state index in [1.54, 1.807) is 0 Å². The highest BCUT2D eigenvalue weighted by atomic mass is 32.1. The molecule has 1 atom stereocenters. The van der Waals surface area contributed by atoms with Crippen molar-refractivity contribution in [1.29, 1.82) is 0 Å². The maximum Gasteiger partial charge on any atom is 0.186 e. The van der Waals surface area contributed by atoms with Crippen LogP contribution in [0.4, 0.5) is 0 Å². The number of carbonyl (C=O) groups excluding carboxylic acids is 1. The average molecular weight is 225 g/mol. The van der Waals surface area contributed by atoms with Gasteiger partial charge >= 0.3 is 0 Å². The van der Waals surface area contributed by atoms with E-state index in [1.807, 2.05) is 24.6 Å². The Labute approximate surface area is 95.9 Å². The predicted molar refractivity (Wildman–Crippen MR) is 65.6 cm³/mol. The number of thiophene rings is 1. The third kappa shape index (κ3) is 3.43. The molecule has 1 aromatic rings. The largest absolute Gasteiger partial charge is 0.296 e. The van der Waals surface area contributed by atoms with Crippen LogP contribution in [0, 0.1) is 5.92 Å². The topological polar surface area (TPSA) is 20.3 Å². The minimum absolute atomic E-state index is 0.222. The molecule has 0 bridgehead atoms. The van der Waals surface area contributed by atoms with E-state index in [2.05, 4.69) is 25.7 Å². The molecule has 0 radical (unpaired) electrons. The lowest BCUT2D eigenvalue weighted by Gasteiger charge is -2.26. The van der Waals surface area contributed by atoms with E-state index >= 15 is 0 Å². The van der Waals surface area contributed by atoms with E-state index < -0.39 is 0 Å². The number of hydrogen-bond donors (Lipinski definition) is 0. The number of Topliss-reactive ketones (excluding diaryl/α,β-unsaturated/α-hetero) is 1. The minimum atomic E-state index is 0.222. The van der Waals surface area contributed by atoms with Crippen LogP contribution in [0.15, 0.2) is 17.5 Å². The van der Waals surface area contributed by atoms with Gasteiger partial charge in [0.15, 0.2) is 5.78 Å². The molecule has 1 aromatic heterocycles. The molecule has 1 unspecified atom stereocenters. The standard InChI is InChI=1S/C12H19NOS/c1-9(2)10(3)13(4)8-11(14)12-6-5-7-15-12/h5-7,9-10H,8H2,1-4H3. The van der Waals surface area contributed by atoms with Gasteiger partial charge in [-0.05, 0) is 31.3 Å². The number of carbonyl (C=O) groups is 1. The van der Waals surface area contributed by atoms with E-state index in [9.17, 15) is 4.79 Å². The second kappa shape index (κ2) is 5.42. The first-order valence-corrected chi connectivity index (χ1v) is 6.17. The van der Waals surface area contributed by atoms with Crippen LogP contribution in [0.3, 0.4) is 0 Å². The lowest BCUT2D eigenvalue weighted by Crippen LogP contribution is -2.36. The van der Waals surface area contributed by atoms with Crippen LogP contribution >= 0.6 is 11.3 Å². The fourth-order valence-electron chi connectivity index (χ4n) is 1.39. The summed E-state index contributed by atoms with van der Waals surface area (Å²) in [5.74, 6) is 0.797. The van der Waals surface area contributed by atoms with Gasteiger partial charge in [-0.2, -0.15) is 0 Å². The van der Waals surface area contributed by atoms with E-state index in [1.165, 1.54) is 11.3 Å². The Morgan fingerprint density at radius 3 is 2.60 bits per heavy atom. The van der Waals surface area contributed by atoms with Crippen molar-refractivity contribution in [2.24, 2.45) is 5.92 Å². The van der Waals surface area contributed by atoms with E-state index in [0.29, 0.717) is 18.5 Å². The number of likely N-dealkylation sites (N-methyl/N-ethyl adjacent to an activating group) is 1. The molecule has 0 aliphatic carbocycles. The molecule has 0 saturated heterocycles. The van der Waals surface area contributed by atoms with Crippen LogP contribution in [0.5, 0.6) is 0 Å². The first-order valence-electron chi connectivity index (χ1n) is 5.29. The zero-order valence-electron chi connectivity index (χ0n) is 9.86. The summed E-state index contributed by atoms with van der Waals surface area (Å²) in [5, 5.41) is 1.94. The molecular formula is C12H19NOS. The van der Waals surface area contributed by atoms with Gasteiger partial charge in [-0.15, -0.1) is 11.3 Å². The highest BCUT2D eigenvalue weighted by Crippen LogP contribution is 2.12. The van der Waals surface area contributed by atoms with E-state index in [0.717, 1.165) is 4.88 Å². The molecule has 1 heterocycles. The second-order valence-electron chi connectivity index (χ2n) is 4.30. The Morgan fingerprint density at radius 2 is 2.13 bits per heavy atom. The number of hydrogen-bond acceptors (Lipinski definition) is 3. The molecule has 0 N–H and O–H groups in total. The van der Waals surface area contributed by atoms with Crippen LogP contribution in [0.2, 0.25) is 0 Å². The van der Waals surface area contributed by atoms with Gasteiger partial charge in [0.05, 0.1) is 11.4 Å². The normalized spacial score (nSPS) is 13.5. The third-order valence-corrected chi connectivity index (χ3v) is 3.76. The maximum atomic E-state index is 11.8. The molecule has 0 aliphatic heterocycles. The quantitative estimate of drug-likeness (QED) is 0.718. The number of nitrogens with zero attached hydrogens (tertiary/aromatic N) is 1. The maximum absolute atomic E-state index is 11.8. The van der Waals surface area contributed by atoms with Crippen molar-refractivity contribution < 1.29 is 4.79 Å². The SMILES string of the molecule is CC(C)C(C)N(C)CC(=O)c1cccs1. The van der Waals surface area contributed by atoms with Gasteiger partial charge in [-0.25, -0.2) is 0 Å². The summed E-state index contributed by atoms with van der Waals surface area (Å²) >= 11 is 1.52. The zero-order chi connectivity index (χ0) is 11.4. The van der Waals surface area contributed by atoms with Crippen molar-refractivity contribution in [3.05, 3.63) is 22.4 Å². The van der Waals surface area contributed by atoms with Crippen molar-refractivity contribution in [3.8, 4) is 0 Å². The van der Waals surface area contributed by atoms with Gasteiger partial charge in [0.1, 0.15) is 0 Å². The molecule has 2 nitrogen and oxygen atoms in total. The van der Waals surface area contributed by atoms with Gasteiger partial charge < -0.3 is 0 Å². The van der Waals surface area contributed by atoms with Gasteiger partial charge in [0, 0.05) is 6.04 Å². The highest BCUT2D eigenvalue weighted by Gasteiger charge is 2.17. The summed E-state index contributed by atoms with van der Waals surface area (Å²) < 4.78 is 0. The Hall–Kier alpha value is -0.670. The lowest BCUT2D eigenvalue weighted by atomic mass is 10.1. The third-order valence-electron chi connectivity index (χ3n) is 2.85. The van der Waals surface area contributed by atoms with Gasteiger partial charge in [-0.1, -0.05) is 19.9 Å². The first kappa shape index (κ1) is 12.4. The van der Waals surface area contributed by atoms with Gasteiger partial charge in [0.2, 0.25) is 0 Å². The molecule has 0 fully saturated rings. The second-order valence-corrected chi connectivity index (χ2v) is 5.25. The lowest BCUT2D eigenvalue weighted by molar-refractivity contribution is 0.0911. The zero-order valence-corrected chi connectivity index (χ0v) is 10.7. The van der Waals surface area contributed by atoms with Gasteiger partial charge in [-0.3, -0.25) is 9.69 Å². The van der Waals surface area contributed by atoms with Crippen LogP contribution in [0.1, 0.15) is 30.4 Å². The van der Waals surface area contributed by atoms with Crippen molar-refractivity contribution in [1.82, 2.24) is 4.90 Å². The highest BCUT2D eigenvalue weighted by molar-refractivity contribution is 7.12. The summed E-state index contributed by atoms with van der Waals surface area (Å²) in [5.41, 5.74) is 0. The molecule has 0 aliphatic rings. The molecule has 0 aromatic carbocycles. The van der Waals surface area contributed by atoms with Crippen molar-refractivity contribution in [2.45, 2.75) is 26.8 Å². The van der Waals surface area contributed by atoms with Crippen LogP contribution < -0.4 is 0 Å². The van der Waals surface area contributed by atoms with E-state index in [4.69, 9.17) is 0 Å². The Bertz CT molecular complexity index is 305. The van der Waals surface area contributed by atoms with Crippen molar-refractivity contribution in [3.63, 3.8) is 0 Å². The van der Waals surface area contributed by atoms with Crippen LogP contribution in [0.25, 0.3) is 0 Å². The molecular weight excluding hydrogens is 206 g/mol. The molecule has 15 heavy (non-hydrogen) atoms. The predicted octanol–water partition coefficient (Wildman–Crippen LogP) is 2.91. The minimum Gasteiger partial charge on any atom is -0.296 e. The number of rotatable bonds is 5. The number of ketones is 1. The van der Waals surface area contributed by atoms with E-state index in [-0.39, 0.29) is 5.78 Å². The first-order chi connectivity index (χ1) is 7.02. The summed E-state index contributed by atoms with van der Waals surface area (Å²) in [6.45, 7) is 7.03. The Balaban J connectivity index is 2.52. The molecule has 84 valence electrons. The molecule has 0 saturated carbocycles. The fraction of sp³-hybridized carbons (Fsp3) is 0.583. The smallest absolute Gasteiger partial charge is 0.186 e. The Morgan fingerprint density at radius 1 is 1.47 bits per heavy atom. The summed E-state index contributed by atoms with van der Waals surface area (Å²) in [7, 11) is 2.01. The van der Waals surface area contributed by atoms with Crippen LogP contribution in [-0.4, -0.2) is 30.3 Å². The Kier molecular flexibility index (Phi) is 4.48. The fourth-order valence-corrected chi connectivity index (χ4v) is 2.05. The van der Waals surface area contributed by atoms with Crippen molar-refractivity contribution in [2.75, 3.05) is 13.6 Å². The monoisotopic (exact) mass is 225 g/mol. The molecule has 1 rings (SSSR count). The van der Waals surface area contributed by atoms with Gasteiger partial charge in [0.25, 0.3) is 0 Å². The summed E-state index contributed by atoms with van der Waals surface area (Å²) in [6.07, 6.45) is 0. The van der Waals surface area contributed by atoms with Crippen LogP contribution in [-0.2, 0) is 0 Å².